The lowest BCUT2D eigenvalue weighted by atomic mass is 10.1. The standard InChI is InChI=1S/C17H19N3O4/c1-12-5-2-3-6-13(12)16(22)20-11-15(21)18-8-9-19-17(23)14-7-4-10-24-14/h2-7,10H,8-9,11H2,1H3,(H,18,21)(H,19,23)(H,20,22). The highest BCUT2D eigenvalue weighted by atomic mass is 16.3. The van der Waals surface area contributed by atoms with Crippen molar-refractivity contribution in [1.29, 1.82) is 0 Å². The second-order valence-electron chi connectivity index (χ2n) is 5.08. The topological polar surface area (TPSA) is 100 Å². The van der Waals surface area contributed by atoms with Gasteiger partial charge in [0.1, 0.15) is 0 Å². The van der Waals surface area contributed by atoms with Crippen molar-refractivity contribution < 1.29 is 18.8 Å². The first-order chi connectivity index (χ1) is 11.6. The van der Waals surface area contributed by atoms with E-state index < -0.39 is 0 Å². The van der Waals surface area contributed by atoms with Crippen LogP contribution in [0.5, 0.6) is 0 Å². The predicted octanol–water partition coefficient (Wildman–Crippen LogP) is 0.864. The van der Waals surface area contributed by atoms with Crippen molar-refractivity contribution in [2.75, 3.05) is 19.6 Å². The van der Waals surface area contributed by atoms with E-state index in [1.165, 1.54) is 6.26 Å². The van der Waals surface area contributed by atoms with Gasteiger partial charge in [0.2, 0.25) is 5.91 Å². The Morgan fingerprint density at radius 3 is 2.38 bits per heavy atom. The molecule has 7 nitrogen and oxygen atoms in total. The maximum atomic E-state index is 12.0. The second-order valence-corrected chi connectivity index (χ2v) is 5.08. The minimum Gasteiger partial charge on any atom is -0.459 e. The summed E-state index contributed by atoms with van der Waals surface area (Å²) in [5.74, 6) is -0.757. The van der Waals surface area contributed by atoms with Gasteiger partial charge in [0.15, 0.2) is 5.76 Å². The molecule has 24 heavy (non-hydrogen) atoms. The van der Waals surface area contributed by atoms with Crippen LogP contribution in [0.2, 0.25) is 0 Å². The van der Waals surface area contributed by atoms with E-state index >= 15 is 0 Å². The van der Waals surface area contributed by atoms with Gasteiger partial charge in [-0.3, -0.25) is 14.4 Å². The van der Waals surface area contributed by atoms with E-state index in [0.717, 1.165) is 5.56 Å². The fourth-order valence-electron chi connectivity index (χ4n) is 2.02. The molecule has 7 heteroatoms. The van der Waals surface area contributed by atoms with Crippen molar-refractivity contribution in [2.45, 2.75) is 6.92 Å². The van der Waals surface area contributed by atoms with E-state index in [1.54, 1.807) is 24.3 Å². The third-order valence-corrected chi connectivity index (χ3v) is 3.28. The van der Waals surface area contributed by atoms with Gasteiger partial charge in [0.25, 0.3) is 11.8 Å². The fraction of sp³-hybridized carbons (Fsp3) is 0.235. The van der Waals surface area contributed by atoms with Crippen LogP contribution in [0.4, 0.5) is 0 Å². The Morgan fingerprint density at radius 2 is 1.67 bits per heavy atom. The molecule has 0 aliphatic heterocycles. The molecule has 2 aromatic rings. The lowest BCUT2D eigenvalue weighted by molar-refractivity contribution is -0.120. The van der Waals surface area contributed by atoms with Crippen LogP contribution in [-0.4, -0.2) is 37.4 Å². The molecular formula is C17H19N3O4. The predicted molar refractivity (Wildman–Crippen MR) is 87.6 cm³/mol. The molecule has 0 atom stereocenters. The van der Waals surface area contributed by atoms with Gasteiger partial charge in [-0.1, -0.05) is 18.2 Å². The summed E-state index contributed by atoms with van der Waals surface area (Å²) in [6, 6.07) is 10.3. The van der Waals surface area contributed by atoms with Crippen molar-refractivity contribution in [2.24, 2.45) is 0 Å². The zero-order valence-corrected chi connectivity index (χ0v) is 13.3. The maximum absolute atomic E-state index is 12.0. The number of rotatable bonds is 7. The first-order valence-corrected chi connectivity index (χ1v) is 7.50. The molecule has 1 heterocycles. The SMILES string of the molecule is Cc1ccccc1C(=O)NCC(=O)NCCNC(=O)c1ccco1. The zero-order chi connectivity index (χ0) is 17.4. The molecule has 126 valence electrons. The first-order valence-electron chi connectivity index (χ1n) is 7.50. The summed E-state index contributed by atoms with van der Waals surface area (Å²) >= 11 is 0. The summed E-state index contributed by atoms with van der Waals surface area (Å²) in [5.41, 5.74) is 1.38. The molecule has 0 saturated heterocycles. The Kier molecular flexibility index (Phi) is 6.13. The molecule has 0 aliphatic rings. The smallest absolute Gasteiger partial charge is 0.287 e. The van der Waals surface area contributed by atoms with Crippen molar-refractivity contribution in [3.8, 4) is 0 Å². The third-order valence-electron chi connectivity index (χ3n) is 3.28. The Balaban J connectivity index is 1.64. The minimum atomic E-state index is -0.345. The van der Waals surface area contributed by atoms with Gasteiger partial charge in [0.05, 0.1) is 12.8 Å². The van der Waals surface area contributed by atoms with E-state index in [2.05, 4.69) is 16.0 Å². The third kappa shape index (κ3) is 4.98. The quantitative estimate of drug-likeness (QED) is 0.656. The second kappa shape index (κ2) is 8.52. The monoisotopic (exact) mass is 329 g/mol. The number of furan rings is 1. The van der Waals surface area contributed by atoms with Gasteiger partial charge in [-0.2, -0.15) is 0 Å². The molecule has 0 aliphatic carbocycles. The van der Waals surface area contributed by atoms with E-state index in [1.807, 2.05) is 19.1 Å². The van der Waals surface area contributed by atoms with Crippen molar-refractivity contribution >= 4 is 17.7 Å². The summed E-state index contributed by atoms with van der Waals surface area (Å²) in [7, 11) is 0. The van der Waals surface area contributed by atoms with E-state index in [4.69, 9.17) is 4.42 Å². The molecule has 0 spiro atoms. The number of benzene rings is 1. The van der Waals surface area contributed by atoms with Gasteiger partial charge in [-0.25, -0.2) is 0 Å². The summed E-state index contributed by atoms with van der Waals surface area (Å²) in [5, 5.41) is 7.77. The zero-order valence-electron chi connectivity index (χ0n) is 13.3. The van der Waals surface area contributed by atoms with Crippen LogP contribution in [0.15, 0.2) is 47.1 Å². The average molecular weight is 329 g/mol. The highest BCUT2D eigenvalue weighted by Gasteiger charge is 2.10. The van der Waals surface area contributed by atoms with E-state index in [0.29, 0.717) is 5.56 Å². The maximum Gasteiger partial charge on any atom is 0.287 e. The number of carbonyl (C=O) groups excluding carboxylic acids is 3. The Hall–Kier alpha value is -3.09. The Bertz CT molecular complexity index is 710. The van der Waals surface area contributed by atoms with Crippen molar-refractivity contribution in [3.63, 3.8) is 0 Å². The first kappa shape index (κ1) is 17.3. The number of carbonyl (C=O) groups is 3. The highest BCUT2D eigenvalue weighted by molar-refractivity contribution is 5.97. The summed E-state index contributed by atoms with van der Waals surface area (Å²) in [6.45, 7) is 2.22. The number of amides is 3. The van der Waals surface area contributed by atoms with Crippen LogP contribution >= 0.6 is 0 Å². The fourth-order valence-corrected chi connectivity index (χ4v) is 2.02. The molecule has 0 bridgehead atoms. The van der Waals surface area contributed by atoms with Gasteiger partial charge in [-0.15, -0.1) is 0 Å². The summed E-state index contributed by atoms with van der Waals surface area (Å²) in [4.78, 5) is 35.2. The molecular weight excluding hydrogens is 310 g/mol. The molecule has 3 N–H and O–H groups in total. The summed E-state index contributed by atoms with van der Waals surface area (Å²) in [6.07, 6.45) is 1.41. The van der Waals surface area contributed by atoms with Crippen LogP contribution in [0.1, 0.15) is 26.5 Å². The van der Waals surface area contributed by atoms with Crippen LogP contribution in [-0.2, 0) is 4.79 Å². The molecule has 0 saturated carbocycles. The molecule has 3 amide bonds. The molecule has 2 rings (SSSR count). The Labute approximate surface area is 139 Å². The lowest BCUT2D eigenvalue weighted by Crippen LogP contribution is -2.40. The van der Waals surface area contributed by atoms with Gasteiger partial charge >= 0.3 is 0 Å². The van der Waals surface area contributed by atoms with Crippen LogP contribution in [0, 0.1) is 6.92 Å². The number of aryl methyl sites for hydroxylation is 1. The summed E-state index contributed by atoms with van der Waals surface area (Å²) < 4.78 is 4.94. The van der Waals surface area contributed by atoms with Crippen molar-refractivity contribution in [1.82, 2.24) is 16.0 Å². The van der Waals surface area contributed by atoms with Crippen LogP contribution in [0.3, 0.4) is 0 Å². The van der Waals surface area contributed by atoms with Gasteiger partial charge in [-0.05, 0) is 30.7 Å². The van der Waals surface area contributed by atoms with Crippen molar-refractivity contribution in [3.05, 3.63) is 59.5 Å². The molecule has 0 unspecified atom stereocenters. The average Bonchev–Trinajstić information content (AvgIpc) is 3.11. The molecule has 1 aromatic carbocycles. The number of nitrogens with one attached hydrogen (secondary N) is 3. The number of hydrogen-bond donors (Lipinski definition) is 3. The Morgan fingerprint density at radius 1 is 0.917 bits per heavy atom. The van der Waals surface area contributed by atoms with E-state index in [9.17, 15) is 14.4 Å². The lowest BCUT2D eigenvalue weighted by Gasteiger charge is -2.08. The molecule has 0 fully saturated rings. The number of hydrogen-bond acceptors (Lipinski definition) is 4. The van der Waals surface area contributed by atoms with Crippen LogP contribution < -0.4 is 16.0 Å². The minimum absolute atomic E-state index is 0.126. The molecule has 0 radical (unpaired) electrons. The normalized spacial score (nSPS) is 10.0. The van der Waals surface area contributed by atoms with E-state index in [-0.39, 0.29) is 43.1 Å². The van der Waals surface area contributed by atoms with Crippen LogP contribution in [0.25, 0.3) is 0 Å². The largest absolute Gasteiger partial charge is 0.459 e. The van der Waals surface area contributed by atoms with Gasteiger partial charge < -0.3 is 20.4 Å². The highest BCUT2D eigenvalue weighted by Crippen LogP contribution is 2.06. The molecule has 1 aromatic heterocycles. The van der Waals surface area contributed by atoms with Gasteiger partial charge in [0, 0.05) is 18.7 Å².